The molecule has 0 spiro atoms. The third-order valence-electron chi connectivity index (χ3n) is 4.64. The fourth-order valence-electron chi connectivity index (χ4n) is 3.04. The molecule has 26 heavy (non-hydrogen) atoms. The largest absolute Gasteiger partial charge is 0.329 e. The van der Waals surface area contributed by atoms with Gasteiger partial charge in [-0.25, -0.2) is 4.98 Å². The van der Waals surface area contributed by atoms with Gasteiger partial charge in [-0.1, -0.05) is 6.07 Å². The number of hydrogen-bond acceptors (Lipinski definition) is 7. The standard InChI is InChI=1S/C19H33N7/c1-16-18-4-3-5-19(24-18)17(2)23-9-13-26(11-7-21)15-14-25(10-6-20)12-8-22-16/h3-5H,6-15,20-21H2,1-2H3. The number of fused-ring (bicyclic) bond motifs is 2. The summed E-state index contributed by atoms with van der Waals surface area (Å²) in [6, 6.07) is 6.04. The van der Waals surface area contributed by atoms with Crippen molar-refractivity contribution in [3.8, 4) is 0 Å². The molecule has 4 N–H and O–H groups in total. The number of aliphatic imine (C=N–C) groups is 2. The second-order valence-electron chi connectivity index (χ2n) is 6.60. The quantitative estimate of drug-likeness (QED) is 0.802. The Morgan fingerprint density at radius 2 is 1.27 bits per heavy atom. The molecule has 144 valence electrons. The van der Waals surface area contributed by atoms with Crippen LogP contribution in [-0.2, 0) is 0 Å². The van der Waals surface area contributed by atoms with Gasteiger partial charge in [0, 0.05) is 52.4 Å². The highest BCUT2D eigenvalue weighted by atomic mass is 15.2. The highest BCUT2D eigenvalue weighted by Gasteiger charge is 2.10. The maximum Gasteiger partial charge on any atom is 0.0845 e. The van der Waals surface area contributed by atoms with Gasteiger partial charge in [0.15, 0.2) is 0 Å². The first kappa shape index (κ1) is 20.6. The molecule has 1 aliphatic heterocycles. The van der Waals surface area contributed by atoms with Crippen molar-refractivity contribution in [3.63, 3.8) is 0 Å². The molecule has 7 nitrogen and oxygen atoms in total. The first-order valence-corrected chi connectivity index (χ1v) is 9.48. The Balaban J connectivity index is 2.22. The van der Waals surface area contributed by atoms with Crippen LogP contribution < -0.4 is 11.5 Å². The van der Waals surface area contributed by atoms with Gasteiger partial charge in [0.2, 0.25) is 0 Å². The second kappa shape index (κ2) is 11.1. The minimum absolute atomic E-state index is 0.659. The fourth-order valence-corrected chi connectivity index (χ4v) is 3.04. The Labute approximate surface area is 157 Å². The van der Waals surface area contributed by atoms with Crippen LogP contribution in [0.25, 0.3) is 0 Å². The molecular formula is C19H33N7. The number of hydrogen-bond donors (Lipinski definition) is 2. The van der Waals surface area contributed by atoms with E-state index in [2.05, 4.69) is 9.80 Å². The predicted octanol–water partition coefficient (Wildman–Crippen LogP) is 0.235. The Hall–Kier alpha value is -1.67. The lowest BCUT2D eigenvalue weighted by atomic mass is 10.2. The number of rotatable bonds is 4. The lowest BCUT2D eigenvalue weighted by Gasteiger charge is -2.26. The van der Waals surface area contributed by atoms with Crippen LogP contribution in [0, 0.1) is 0 Å². The smallest absolute Gasteiger partial charge is 0.0845 e. The molecule has 1 aliphatic rings. The minimum atomic E-state index is 0.659. The monoisotopic (exact) mass is 359 g/mol. The van der Waals surface area contributed by atoms with E-state index < -0.39 is 0 Å². The Bertz CT molecular complexity index is 562. The Morgan fingerprint density at radius 3 is 1.69 bits per heavy atom. The molecule has 2 bridgehead atoms. The summed E-state index contributed by atoms with van der Waals surface area (Å²) >= 11 is 0. The van der Waals surface area contributed by atoms with Crippen LogP contribution in [0.15, 0.2) is 28.2 Å². The molecule has 0 atom stereocenters. The summed E-state index contributed by atoms with van der Waals surface area (Å²) in [5, 5.41) is 0. The van der Waals surface area contributed by atoms with Gasteiger partial charge in [0.05, 0.1) is 35.9 Å². The molecule has 0 aliphatic carbocycles. The van der Waals surface area contributed by atoms with E-state index in [0.29, 0.717) is 13.1 Å². The van der Waals surface area contributed by atoms with Crippen molar-refractivity contribution in [2.24, 2.45) is 21.5 Å². The summed E-state index contributed by atoms with van der Waals surface area (Å²) in [6.45, 7) is 12.4. The highest BCUT2D eigenvalue weighted by molar-refractivity contribution is 6.00. The van der Waals surface area contributed by atoms with Crippen LogP contribution in [0.5, 0.6) is 0 Å². The molecule has 0 saturated carbocycles. The van der Waals surface area contributed by atoms with Crippen LogP contribution in [-0.4, -0.2) is 91.7 Å². The molecule has 7 heteroatoms. The van der Waals surface area contributed by atoms with Crippen LogP contribution in [0.1, 0.15) is 25.2 Å². The molecule has 2 heterocycles. The lowest BCUT2D eigenvalue weighted by molar-refractivity contribution is 0.215. The normalized spacial score (nSPS) is 18.6. The fraction of sp³-hybridized carbons (Fsp3) is 0.632. The zero-order chi connectivity index (χ0) is 18.8. The third-order valence-corrected chi connectivity index (χ3v) is 4.64. The van der Waals surface area contributed by atoms with E-state index in [1.807, 2.05) is 32.0 Å². The third kappa shape index (κ3) is 6.57. The average Bonchev–Trinajstić information content (AvgIpc) is 2.65. The van der Waals surface area contributed by atoms with Crippen LogP contribution in [0.3, 0.4) is 0 Å². The van der Waals surface area contributed by atoms with Crippen molar-refractivity contribution in [2.75, 3.05) is 65.4 Å². The maximum atomic E-state index is 5.78. The van der Waals surface area contributed by atoms with E-state index in [9.17, 15) is 0 Å². The van der Waals surface area contributed by atoms with Gasteiger partial charge in [0.1, 0.15) is 0 Å². The van der Waals surface area contributed by atoms with Crippen LogP contribution in [0.2, 0.25) is 0 Å². The predicted molar refractivity (Wildman–Crippen MR) is 109 cm³/mol. The maximum absolute atomic E-state index is 5.78. The average molecular weight is 360 g/mol. The highest BCUT2D eigenvalue weighted by Crippen LogP contribution is 2.04. The molecule has 0 saturated heterocycles. The minimum Gasteiger partial charge on any atom is -0.329 e. The van der Waals surface area contributed by atoms with E-state index in [1.165, 1.54) is 0 Å². The van der Waals surface area contributed by atoms with Crippen molar-refractivity contribution >= 4 is 11.4 Å². The molecule has 1 aromatic rings. The summed E-state index contributed by atoms with van der Waals surface area (Å²) in [6.07, 6.45) is 0. The van der Waals surface area contributed by atoms with Gasteiger partial charge in [-0.3, -0.25) is 19.8 Å². The van der Waals surface area contributed by atoms with Crippen molar-refractivity contribution in [1.82, 2.24) is 14.8 Å². The van der Waals surface area contributed by atoms with E-state index in [-0.39, 0.29) is 0 Å². The van der Waals surface area contributed by atoms with E-state index >= 15 is 0 Å². The molecule has 1 aromatic heterocycles. The van der Waals surface area contributed by atoms with E-state index in [0.717, 1.165) is 75.2 Å². The lowest BCUT2D eigenvalue weighted by Crippen LogP contribution is -2.41. The molecule has 0 radical (unpaired) electrons. The number of pyridine rings is 1. The molecule has 0 aromatic carbocycles. The van der Waals surface area contributed by atoms with Crippen molar-refractivity contribution in [2.45, 2.75) is 13.8 Å². The molecular weight excluding hydrogens is 326 g/mol. The van der Waals surface area contributed by atoms with Gasteiger partial charge in [0.25, 0.3) is 0 Å². The first-order chi connectivity index (χ1) is 12.6. The van der Waals surface area contributed by atoms with Crippen molar-refractivity contribution in [3.05, 3.63) is 29.6 Å². The summed E-state index contributed by atoms with van der Waals surface area (Å²) in [7, 11) is 0. The molecule has 2 rings (SSSR count). The number of aromatic nitrogens is 1. The van der Waals surface area contributed by atoms with E-state index in [1.54, 1.807) is 0 Å². The summed E-state index contributed by atoms with van der Waals surface area (Å²) in [5.74, 6) is 0. The summed E-state index contributed by atoms with van der Waals surface area (Å²) in [5.41, 5.74) is 15.3. The SMILES string of the molecule is CC1=NCCN(CCN)CCN(CCN)CCN=C(C)c2cccc1n2. The first-order valence-electron chi connectivity index (χ1n) is 9.48. The van der Waals surface area contributed by atoms with Crippen molar-refractivity contribution < 1.29 is 0 Å². The van der Waals surface area contributed by atoms with Gasteiger partial charge in [-0.05, 0) is 26.0 Å². The van der Waals surface area contributed by atoms with Crippen LogP contribution in [0.4, 0.5) is 0 Å². The van der Waals surface area contributed by atoms with Gasteiger partial charge >= 0.3 is 0 Å². The van der Waals surface area contributed by atoms with Crippen molar-refractivity contribution in [1.29, 1.82) is 0 Å². The second-order valence-corrected chi connectivity index (χ2v) is 6.60. The number of nitrogens with two attached hydrogens (primary N) is 2. The van der Waals surface area contributed by atoms with Gasteiger partial charge < -0.3 is 11.5 Å². The van der Waals surface area contributed by atoms with E-state index in [4.69, 9.17) is 26.4 Å². The zero-order valence-electron chi connectivity index (χ0n) is 16.2. The Kier molecular flexibility index (Phi) is 8.84. The van der Waals surface area contributed by atoms with Crippen LogP contribution >= 0.6 is 0 Å². The molecule has 0 fully saturated rings. The Morgan fingerprint density at radius 1 is 0.808 bits per heavy atom. The van der Waals surface area contributed by atoms with Gasteiger partial charge in [-0.2, -0.15) is 0 Å². The number of nitrogens with zero attached hydrogens (tertiary/aromatic N) is 5. The molecule has 0 unspecified atom stereocenters. The summed E-state index contributed by atoms with van der Waals surface area (Å²) in [4.78, 5) is 18.9. The van der Waals surface area contributed by atoms with Gasteiger partial charge in [-0.15, -0.1) is 0 Å². The zero-order valence-corrected chi connectivity index (χ0v) is 16.2. The summed E-state index contributed by atoms with van der Waals surface area (Å²) < 4.78 is 0. The topological polar surface area (TPSA) is 96.1 Å². The molecule has 0 amide bonds.